The van der Waals surface area contributed by atoms with Crippen LogP contribution in [0, 0.1) is 35.0 Å². The molecule has 0 radical (unpaired) electrons. The second kappa shape index (κ2) is 16.3. The monoisotopic (exact) mass is 726 g/mol. The summed E-state index contributed by atoms with van der Waals surface area (Å²) in [6, 6.07) is 3.15. The van der Waals surface area contributed by atoms with E-state index in [1.54, 1.807) is 24.3 Å². The predicted molar refractivity (Wildman–Crippen MR) is 192 cm³/mol. The second-order valence-electron chi connectivity index (χ2n) is 16.2. The van der Waals surface area contributed by atoms with Gasteiger partial charge in [-0.2, -0.15) is 0 Å². The number of esters is 1. The molecule has 288 valence electrons. The molecule has 5 heterocycles. The van der Waals surface area contributed by atoms with Crippen LogP contribution in [-0.2, 0) is 39.9 Å². The number of amides is 1. The average molecular weight is 727 g/mol. The van der Waals surface area contributed by atoms with Crippen LogP contribution < -0.4 is 0 Å². The molecule has 52 heavy (non-hydrogen) atoms. The Morgan fingerprint density at radius 1 is 0.962 bits per heavy atom. The predicted octanol–water partition coefficient (Wildman–Crippen LogP) is 5.35. The van der Waals surface area contributed by atoms with E-state index in [1.165, 1.54) is 6.92 Å². The Morgan fingerprint density at radius 3 is 2.38 bits per heavy atom. The van der Waals surface area contributed by atoms with Crippen molar-refractivity contribution in [2.24, 2.45) is 35.0 Å². The lowest BCUT2D eigenvalue weighted by Crippen LogP contribution is -2.53. The van der Waals surface area contributed by atoms with Crippen molar-refractivity contribution in [3.63, 3.8) is 0 Å². The van der Waals surface area contributed by atoms with E-state index in [-0.39, 0.29) is 23.6 Å². The average Bonchev–Trinajstić information content (AvgIpc) is 3.67. The third-order valence-electron chi connectivity index (χ3n) is 11.6. The first kappa shape index (κ1) is 39.8. The zero-order chi connectivity index (χ0) is 38.1. The van der Waals surface area contributed by atoms with Crippen LogP contribution in [0.3, 0.4) is 0 Å². The fraction of sp³-hybridized carbons (Fsp3) is 0.744. The first-order valence-electron chi connectivity index (χ1n) is 19.1. The van der Waals surface area contributed by atoms with Gasteiger partial charge in [-0.05, 0) is 69.4 Å². The van der Waals surface area contributed by atoms with Crippen LogP contribution in [0.5, 0.6) is 0 Å². The Morgan fingerprint density at radius 2 is 1.67 bits per heavy atom. The maximum absolute atomic E-state index is 14.4. The van der Waals surface area contributed by atoms with Crippen LogP contribution in [0.25, 0.3) is 11.2 Å². The molecule has 13 heteroatoms. The Labute approximate surface area is 307 Å². The Hall–Kier alpha value is -3.42. The van der Waals surface area contributed by atoms with E-state index in [0.717, 1.165) is 11.9 Å². The van der Waals surface area contributed by atoms with Crippen molar-refractivity contribution in [3.8, 4) is 0 Å². The molecular formula is C39H58N4O9. The number of aliphatic hydroxyl groups excluding tert-OH is 1. The maximum atomic E-state index is 14.4. The Balaban J connectivity index is 1.41. The van der Waals surface area contributed by atoms with Gasteiger partial charge in [-0.15, -0.1) is 0 Å². The highest BCUT2D eigenvalue weighted by molar-refractivity contribution is 6.00. The minimum Gasteiger partial charge on any atom is -0.458 e. The molecule has 0 aromatic carbocycles. The zero-order valence-electron chi connectivity index (χ0n) is 32.2. The maximum Gasteiger partial charge on any atom is 0.410 e. The fourth-order valence-corrected chi connectivity index (χ4v) is 8.73. The van der Waals surface area contributed by atoms with Crippen LogP contribution in [-0.4, -0.2) is 97.6 Å². The molecule has 3 fully saturated rings. The van der Waals surface area contributed by atoms with E-state index in [2.05, 4.69) is 9.97 Å². The molecule has 3 saturated heterocycles. The molecule has 1 amide bonds. The molecule has 2 aromatic heterocycles. The topological polar surface area (TPSA) is 159 Å². The molecule has 2 aromatic rings. The molecule has 0 spiro atoms. The van der Waals surface area contributed by atoms with Gasteiger partial charge in [-0.1, -0.05) is 48.5 Å². The summed E-state index contributed by atoms with van der Waals surface area (Å²) in [6.07, 6.45) is 0.994. The minimum atomic E-state index is -1.14. The number of hydrogen-bond acceptors (Lipinski definition) is 11. The first-order valence-corrected chi connectivity index (χ1v) is 19.1. The van der Waals surface area contributed by atoms with E-state index < -0.39 is 77.9 Å². The number of pyridine rings is 1. The lowest BCUT2D eigenvalue weighted by atomic mass is 9.70. The summed E-state index contributed by atoms with van der Waals surface area (Å²) in [5, 5.41) is 11.1. The summed E-state index contributed by atoms with van der Waals surface area (Å²) in [7, 11) is 0. The molecule has 13 nitrogen and oxygen atoms in total. The van der Waals surface area contributed by atoms with Crippen LogP contribution in [0.2, 0.25) is 0 Å². The molecular weight excluding hydrogens is 668 g/mol. The first-order chi connectivity index (χ1) is 24.5. The molecule has 0 bridgehead atoms. The van der Waals surface area contributed by atoms with Gasteiger partial charge >= 0.3 is 12.1 Å². The molecule has 3 aliphatic rings. The van der Waals surface area contributed by atoms with Crippen LogP contribution in [0.1, 0.15) is 94.4 Å². The van der Waals surface area contributed by atoms with Crippen LogP contribution in [0.15, 0.2) is 24.7 Å². The number of carbonyl (C=O) groups is 4. The van der Waals surface area contributed by atoms with Gasteiger partial charge in [-0.3, -0.25) is 14.4 Å². The zero-order valence-corrected chi connectivity index (χ0v) is 32.2. The van der Waals surface area contributed by atoms with Crippen LogP contribution in [0.4, 0.5) is 4.79 Å². The second-order valence-corrected chi connectivity index (χ2v) is 16.2. The number of carbonyl (C=O) groups excluding carboxylic acids is 4. The number of aryl methyl sites for hydroxylation is 1. The number of aromatic nitrogens is 3. The third kappa shape index (κ3) is 8.21. The molecule has 0 aliphatic carbocycles. The number of imidazole rings is 1. The van der Waals surface area contributed by atoms with Crippen molar-refractivity contribution < 1.29 is 43.2 Å². The van der Waals surface area contributed by atoms with Gasteiger partial charge in [0.1, 0.15) is 23.9 Å². The van der Waals surface area contributed by atoms with Crippen molar-refractivity contribution in [1.29, 1.82) is 0 Å². The molecule has 1 N–H and O–H groups in total. The number of Topliss-reactive ketones (excluding diaryl/α,β-unsaturated/α-hetero) is 2. The van der Waals surface area contributed by atoms with Gasteiger partial charge in [0.15, 0.2) is 23.8 Å². The Kier molecular flexibility index (Phi) is 12.5. The van der Waals surface area contributed by atoms with Crippen molar-refractivity contribution >= 4 is 34.8 Å². The number of hydrogen-bond donors (Lipinski definition) is 1. The van der Waals surface area contributed by atoms with Gasteiger partial charge in [-0.25, -0.2) is 14.8 Å². The highest BCUT2D eigenvalue weighted by Crippen LogP contribution is 2.41. The normalized spacial score (nSPS) is 36.3. The summed E-state index contributed by atoms with van der Waals surface area (Å²) < 4.78 is 26.6. The highest BCUT2D eigenvalue weighted by atomic mass is 16.7. The van der Waals surface area contributed by atoms with Crippen molar-refractivity contribution in [3.05, 3.63) is 24.7 Å². The summed E-state index contributed by atoms with van der Waals surface area (Å²) >= 11 is 0. The highest BCUT2D eigenvalue weighted by Gasteiger charge is 2.53. The number of nitrogens with zero attached hydrogens (tertiary/aromatic N) is 4. The van der Waals surface area contributed by atoms with Gasteiger partial charge in [0.05, 0.1) is 30.1 Å². The summed E-state index contributed by atoms with van der Waals surface area (Å²) in [4.78, 5) is 66.0. The Bertz CT molecular complexity index is 1590. The number of cyclic esters (lactones) is 1. The van der Waals surface area contributed by atoms with Crippen molar-refractivity contribution in [2.75, 3.05) is 6.54 Å². The summed E-state index contributed by atoms with van der Waals surface area (Å²) in [5.41, 5.74) is 0.828. The standard InChI is InChI=1S/C39H58N4O9/c1-10-28-33-29(43(38(48)51-33)17-12-11-16-42-20-41-35-27(42)14-13-15-40-35)24(5)30(44)22(3)19-39(8,9)34(25(6)32(46)26(7)36(47)50-28)52-37-31(45)21(2)18-23(4)49-37/h13-15,20-26,28-29,31,33-34,37,45H,10-12,16-19H2,1-9H3/t21-,22+,23+,24+,25-,26+,28+,29+,31+,33+,34+,37-/m0/s1. The fourth-order valence-electron chi connectivity index (χ4n) is 8.73. The number of unbranched alkanes of at least 4 members (excludes halogenated alkanes) is 1. The summed E-state index contributed by atoms with van der Waals surface area (Å²) in [5.74, 6) is -4.33. The molecule has 0 unspecified atom stereocenters. The molecule has 5 rings (SSSR count). The van der Waals surface area contributed by atoms with Gasteiger partial charge in [0.2, 0.25) is 0 Å². The number of aliphatic hydroxyl groups is 1. The lowest BCUT2D eigenvalue weighted by Gasteiger charge is -2.45. The number of rotatable bonds is 8. The van der Waals surface area contributed by atoms with Crippen molar-refractivity contribution in [2.45, 2.75) is 144 Å². The van der Waals surface area contributed by atoms with Gasteiger partial charge in [0.25, 0.3) is 0 Å². The van der Waals surface area contributed by atoms with E-state index >= 15 is 0 Å². The quantitative estimate of drug-likeness (QED) is 0.212. The molecule has 12 atom stereocenters. The molecule has 0 saturated carbocycles. The van der Waals surface area contributed by atoms with E-state index in [0.29, 0.717) is 44.4 Å². The van der Waals surface area contributed by atoms with E-state index in [4.69, 9.17) is 18.9 Å². The van der Waals surface area contributed by atoms with Crippen molar-refractivity contribution in [1.82, 2.24) is 19.4 Å². The molecule has 3 aliphatic heterocycles. The largest absolute Gasteiger partial charge is 0.458 e. The van der Waals surface area contributed by atoms with E-state index in [1.807, 2.05) is 65.2 Å². The summed E-state index contributed by atoms with van der Waals surface area (Å²) in [6.45, 7) is 17.5. The smallest absolute Gasteiger partial charge is 0.410 e. The SMILES string of the molecule is CC[C@H]1OC(=O)[C@H](C)C(=O)[C@H](C)[C@@H](O[C@@H]2O[C@H](C)C[C@H](C)[C@H]2O)C(C)(C)C[C@@H](C)C(=O)[C@H](C)[C@@H]2[C@@H]1OC(=O)N2CCCCn1cnc2ncccc21. The number of ether oxygens (including phenoxy) is 4. The number of ketones is 2. The van der Waals surface area contributed by atoms with Gasteiger partial charge < -0.3 is 33.5 Å². The number of fused-ring (bicyclic) bond motifs is 2. The van der Waals surface area contributed by atoms with Gasteiger partial charge in [0, 0.05) is 37.0 Å². The lowest BCUT2D eigenvalue weighted by molar-refractivity contribution is -0.284. The minimum absolute atomic E-state index is 0.0655. The van der Waals surface area contributed by atoms with E-state index in [9.17, 15) is 24.3 Å². The third-order valence-corrected chi connectivity index (χ3v) is 11.6. The van der Waals surface area contributed by atoms with Crippen LogP contribution >= 0.6 is 0 Å².